The number of piperazine rings is 1. The molecule has 2 aliphatic heterocycles. The van der Waals surface area contributed by atoms with Crippen LogP contribution in [0.1, 0.15) is 23.0 Å². The van der Waals surface area contributed by atoms with Crippen LogP contribution in [0.2, 0.25) is 0 Å². The van der Waals surface area contributed by atoms with Crippen LogP contribution in [-0.2, 0) is 6.54 Å². The van der Waals surface area contributed by atoms with Gasteiger partial charge >= 0.3 is 0 Å². The molecule has 0 unspecified atom stereocenters. The lowest BCUT2D eigenvalue weighted by atomic mass is 10.0. The van der Waals surface area contributed by atoms with E-state index in [-0.39, 0.29) is 18.2 Å². The Hall–Kier alpha value is -3.83. The lowest BCUT2D eigenvalue weighted by Crippen LogP contribution is -2.47. The van der Waals surface area contributed by atoms with Gasteiger partial charge in [0.2, 0.25) is 6.79 Å². The molecule has 4 aromatic rings. The van der Waals surface area contributed by atoms with Gasteiger partial charge in [0.1, 0.15) is 11.9 Å². The van der Waals surface area contributed by atoms with Gasteiger partial charge < -0.3 is 19.4 Å². The van der Waals surface area contributed by atoms with Gasteiger partial charge in [-0.25, -0.2) is 9.07 Å². The predicted octanol–water partition coefficient (Wildman–Crippen LogP) is 1.77. The highest BCUT2D eigenvalue weighted by Crippen LogP contribution is 2.36. The first kappa shape index (κ1) is 21.7. The number of likely N-dealkylation sites (N-methyl/N-ethyl adjacent to an activating group) is 1. The van der Waals surface area contributed by atoms with Gasteiger partial charge in [-0.15, -0.1) is 5.10 Å². The molecule has 35 heavy (non-hydrogen) atoms. The number of nitrogens with zero attached hydrogens (tertiary/aromatic N) is 6. The summed E-state index contributed by atoms with van der Waals surface area (Å²) in [6.45, 7) is 3.74. The molecule has 0 saturated carbocycles. The SMILES string of the molecule is CN1CCN([C@H](c2cc3cc4c(cc3[nH]c2=O)OCO4)c2nnnn2Cc2ccc(F)cc2)CC1. The summed E-state index contributed by atoms with van der Waals surface area (Å²) in [6, 6.07) is 11.3. The number of nitrogens with one attached hydrogen (secondary N) is 1. The number of ether oxygens (including phenoxy) is 2. The minimum atomic E-state index is -0.460. The largest absolute Gasteiger partial charge is 0.454 e. The van der Waals surface area contributed by atoms with Crippen molar-refractivity contribution in [1.82, 2.24) is 35.0 Å². The highest BCUT2D eigenvalue weighted by molar-refractivity contribution is 5.83. The molecule has 0 amide bonds. The molecular weight excluding hydrogens is 453 g/mol. The van der Waals surface area contributed by atoms with Crippen LogP contribution in [-0.4, -0.2) is 75.0 Å². The Kier molecular flexibility index (Phi) is 5.42. The molecule has 2 aromatic carbocycles. The fourth-order valence-corrected chi connectivity index (χ4v) is 4.68. The standard InChI is InChI=1S/C24H24FN7O3/c1-30-6-8-31(9-7-30)22(23-27-28-29-32(23)13-15-2-4-17(25)5-3-15)18-10-16-11-20-21(35-14-34-20)12-19(16)26-24(18)33/h2-5,10-12,22H,6-9,13-14H2,1H3,(H,26,33)/t22-/m1/s1. The van der Waals surface area contributed by atoms with E-state index in [0.29, 0.717) is 34.9 Å². The number of H-pyrrole nitrogens is 1. The first-order chi connectivity index (χ1) is 17.0. The summed E-state index contributed by atoms with van der Waals surface area (Å²) in [5.41, 5.74) is 1.87. The molecule has 10 nitrogen and oxygen atoms in total. The van der Waals surface area contributed by atoms with E-state index in [2.05, 4.69) is 37.4 Å². The lowest BCUT2D eigenvalue weighted by Gasteiger charge is -2.37. The van der Waals surface area contributed by atoms with Crippen molar-refractivity contribution in [1.29, 1.82) is 0 Å². The number of fused-ring (bicyclic) bond motifs is 2. The Morgan fingerprint density at radius 3 is 2.57 bits per heavy atom. The Morgan fingerprint density at radius 2 is 1.80 bits per heavy atom. The van der Waals surface area contributed by atoms with Crippen molar-refractivity contribution >= 4 is 10.9 Å². The van der Waals surface area contributed by atoms with E-state index in [4.69, 9.17) is 9.47 Å². The molecule has 0 radical (unpaired) electrons. The normalized spacial score (nSPS) is 17.2. The molecule has 2 aliphatic rings. The van der Waals surface area contributed by atoms with E-state index in [0.717, 1.165) is 37.1 Å². The summed E-state index contributed by atoms with van der Waals surface area (Å²) in [5.74, 6) is 1.52. The average Bonchev–Trinajstić information content (AvgIpc) is 3.50. The number of pyridine rings is 1. The highest BCUT2D eigenvalue weighted by Gasteiger charge is 2.32. The Balaban J connectivity index is 1.45. The van der Waals surface area contributed by atoms with Gasteiger partial charge in [-0.3, -0.25) is 9.69 Å². The first-order valence-corrected chi connectivity index (χ1v) is 11.4. The van der Waals surface area contributed by atoms with Gasteiger partial charge in [-0.05, 0) is 47.3 Å². The number of aromatic nitrogens is 5. The van der Waals surface area contributed by atoms with Crippen molar-refractivity contribution in [3.05, 3.63) is 75.6 Å². The molecule has 0 spiro atoms. The monoisotopic (exact) mass is 477 g/mol. The molecule has 1 N–H and O–H groups in total. The van der Waals surface area contributed by atoms with Crippen LogP contribution < -0.4 is 15.0 Å². The number of hydrogen-bond donors (Lipinski definition) is 1. The number of aromatic amines is 1. The molecule has 2 aromatic heterocycles. The average molecular weight is 478 g/mol. The summed E-state index contributed by atoms with van der Waals surface area (Å²) in [5, 5.41) is 13.3. The molecular formula is C24H24FN7O3. The van der Waals surface area contributed by atoms with Gasteiger partial charge in [0.05, 0.1) is 12.1 Å². The summed E-state index contributed by atoms with van der Waals surface area (Å²) in [4.78, 5) is 20.9. The van der Waals surface area contributed by atoms with Crippen LogP contribution in [0, 0.1) is 5.82 Å². The maximum atomic E-state index is 13.4. The smallest absolute Gasteiger partial charge is 0.253 e. The van der Waals surface area contributed by atoms with Crippen molar-refractivity contribution in [2.75, 3.05) is 40.0 Å². The molecule has 1 atom stereocenters. The molecule has 1 saturated heterocycles. The number of benzene rings is 2. The molecule has 0 bridgehead atoms. The lowest BCUT2D eigenvalue weighted by molar-refractivity contribution is 0.121. The Labute approximate surface area is 199 Å². The van der Waals surface area contributed by atoms with Crippen molar-refractivity contribution in [3.63, 3.8) is 0 Å². The number of hydrogen-bond acceptors (Lipinski definition) is 8. The maximum absolute atomic E-state index is 13.4. The van der Waals surface area contributed by atoms with E-state index in [9.17, 15) is 9.18 Å². The van der Waals surface area contributed by atoms with Crippen LogP contribution in [0.4, 0.5) is 4.39 Å². The zero-order chi connectivity index (χ0) is 23.9. The topological polar surface area (TPSA) is 101 Å². The van der Waals surface area contributed by atoms with E-state index in [1.165, 1.54) is 12.1 Å². The summed E-state index contributed by atoms with van der Waals surface area (Å²) in [6.07, 6.45) is 0. The molecule has 1 fully saturated rings. The fourth-order valence-electron chi connectivity index (χ4n) is 4.68. The zero-order valence-electron chi connectivity index (χ0n) is 19.1. The molecule has 180 valence electrons. The van der Waals surface area contributed by atoms with Crippen LogP contribution in [0.5, 0.6) is 11.5 Å². The van der Waals surface area contributed by atoms with E-state index >= 15 is 0 Å². The molecule has 0 aliphatic carbocycles. The molecule has 6 rings (SSSR count). The van der Waals surface area contributed by atoms with Crippen molar-refractivity contribution < 1.29 is 13.9 Å². The Bertz CT molecular complexity index is 1430. The highest BCUT2D eigenvalue weighted by atomic mass is 19.1. The third kappa shape index (κ3) is 4.13. The fraction of sp³-hybridized carbons (Fsp3) is 0.333. The quantitative estimate of drug-likeness (QED) is 0.464. The van der Waals surface area contributed by atoms with Gasteiger partial charge in [0, 0.05) is 43.2 Å². The van der Waals surface area contributed by atoms with E-state index in [1.54, 1.807) is 22.9 Å². The van der Waals surface area contributed by atoms with Crippen LogP contribution in [0.15, 0.2) is 47.3 Å². The maximum Gasteiger partial charge on any atom is 0.253 e. The number of tetrazole rings is 1. The van der Waals surface area contributed by atoms with Crippen LogP contribution in [0.25, 0.3) is 10.9 Å². The number of rotatable bonds is 5. The van der Waals surface area contributed by atoms with Gasteiger partial charge in [0.25, 0.3) is 5.56 Å². The van der Waals surface area contributed by atoms with Crippen LogP contribution >= 0.6 is 0 Å². The molecule has 11 heteroatoms. The van der Waals surface area contributed by atoms with Gasteiger partial charge in [-0.1, -0.05) is 12.1 Å². The summed E-state index contributed by atoms with van der Waals surface area (Å²) >= 11 is 0. The third-order valence-electron chi connectivity index (χ3n) is 6.61. The Morgan fingerprint density at radius 1 is 1.06 bits per heavy atom. The van der Waals surface area contributed by atoms with Crippen molar-refractivity contribution in [2.24, 2.45) is 0 Å². The van der Waals surface area contributed by atoms with Gasteiger partial charge in [-0.2, -0.15) is 0 Å². The zero-order valence-corrected chi connectivity index (χ0v) is 19.1. The summed E-state index contributed by atoms with van der Waals surface area (Å²) < 4.78 is 26.1. The van der Waals surface area contributed by atoms with Crippen molar-refractivity contribution in [3.8, 4) is 11.5 Å². The third-order valence-corrected chi connectivity index (χ3v) is 6.61. The first-order valence-electron chi connectivity index (χ1n) is 11.4. The van der Waals surface area contributed by atoms with E-state index in [1.807, 2.05) is 12.1 Å². The van der Waals surface area contributed by atoms with Crippen molar-refractivity contribution in [2.45, 2.75) is 12.6 Å². The second-order valence-electron chi connectivity index (χ2n) is 8.91. The second-order valence-corrected chi connectivity index (χ2v) is 8.91. The minimum absolute atomic E-state index is 0.158. The van der Waals surface area contributed by atoms with Gasteiger partial charge in [0.15, 0.2) is 17.3 Å². The minimum Gasteiger partial charge on any atom is -0.454 e. The molecule has 4 heterocycles. The van der Waals surface area contributed by atoms with E-state index < -0.39 is 6.04 Å². The van der Waals surface area contributed by atoms with Crippen LogP contribution in [0.3, 0.4) is 0 Å². The number of halogens is 1. The summed E-state index contributed by atoms with van der Waals surface area (Å²) in [7, 11) is 2.08. The second kappa shape index (κ2) is 8.75. The predicted molar refractivity (Wildman–Crippen MR) is 125 cm³/mol.